The number of hydrogen-bond donors (Lipinski definition) is 1. The second kappa shape index (κ2) is 8.90. The largest absolute Gasteiger partial charge is 0.300 e. The Morgan fingerprint density at radius 2 is 2.12 bits per heavy atom. The topological polar surface area (TPSA) is 35.8 Å². The fourth-order valence-electron chi connectivity index (χ4n) is 1.43. The van der Waals surface area contributed by atoms with E-state index in [1.165, 1.54) is 11.5 Å². The second-order valence-electron chi connectivity index (χ2n) is 4.94. The molecule has 0 rings (SSSR count). The van der Waals surface area contributed by atoms with E-state index in [2.05, 4.69) is 32.2 Å². The Bertz CT molecular complexity index is 210. The number of nitriles is 1. The minimum absolute atomic E-state index is 0.325. The molecule has 94 valence electrons. The van der Waals surface area contributed by atoms with Crippen LogP contribution in [-0.4, -0.2) is 23.6 Å². The zero-order chi connectivity index (χ0) is 12.4. The average molecular weight is 242 g/mol. The van der Waals surface area contributed by atoms with Gasteiger partial charge in [-0.2, -0.15) is 17.0 Å². The molecule has 0 amide bonds. The summed E-state index contributed by atoms with van der Waals surface area (Å²) < 4.78 is 0. The number of nitrogens with zero attached hydrogens (tertiary/aromatic N) is 1. The van der Waals surface area contributed by atoms with Gasteiger partial charge in [0.2, 0.25) is 0 Å². The Morgan fingerprint density at radius 1 is 1.44 bits per heavy atom. The van der Waals surface area contributed by atoms with Crippen LogP contribution in [0.1, 0.15) is 47.0 Å². The molecule has 0 radical (unpaired) electrons. The molecule has 1 unspecified atom stereocenters. The van der Waals surface area contributed by atoms with Gasteiger partial charge in [0.1, 0.15) is 5.54 Å². The summed E-state index contributed by atoms with van der Waals surface area (Å²) in [7, 11) is 0. The Kier molecular flexibility index (Phi) is 8.78. The van der Waals surface area contributed by atoms with E-state index in [0.717, 1.165) is 31.7 Å². The zero-order valence-corrected chi connectivity index (χ0v) is 12.0. The maximum Gasteiger partial charge on any atom is 0.103 e. The normalized spacial score (nSPS) is 14.8. The predicted molar refractivity (Wildman–Crippen MR) is 73.7 cm³/mol. The van der Waals surface area contributed by atoms with Gasteiger partial charge in [-0.15, -0.1) is 0 Å². The molecule has 0 aliphatic carbocycles. The Balaban J connectivity index is 3.66. The lowest BCUT2D eigenvalue weighted by Crippen LogP contribution is -2.41. The van der Waals surface area contributed by atoms with E-state index in [1.54, 1.807) is 0 Å². The molecule has 1 atom stereocenters. The second-order valence-corrected chi connectivity index (χ2v) is 6.09. The van der Waals surface area contributed by atoms with Gasteiger partial charge >= 0.3 is 0 Å². The van der Waals surface area contributed by atoms with E-state index in [0.29, 0.717) is 0 Å². The van der Waals surface area contributed by atoms with Crippen molar-refractivity contribution in [3.63, 3.8) is 0 Å². The Labute approximate surface area is 105 Å². The molecule has 0 spiro atoms. The van der Waals surface area contributed by atoms with Crippen LogP contribution in [0, 0.1) is 17.2 Å². The summed E-state index contributed by atoms with van der Waals surface area (Å²) in [4.78, 5) is 0. The summed E-state index contributed by atoms with van der Waals surface area (Å²) in [5.41, 5.74) is -0.325. The first-order valence-electron chi connectivity index (χ1n) is 6.28. The van der Waals surface area contributed by atoms with Crippen LogP contribution in [0.5, 0.6) is 0 Å². The van der Waals surface area contributed by atoms with Crippen molar-refractivity contribution in [2.75, 3.05) is 18.1 Å². The first-order chi connectivity index (χ1) is 7.54. The van der Waals surface area contributed by atoms with Crippen molar-refractivity contribution in [3.05, 3.63) is 0 Å². The molecule has 1 N–H and O–H groups in total. The molecule has 0 aromatic heterocycles. The van der Waals surface area contributed by atoms with Crippen LogP contribution in [0.25, 0.3) is 0 Å². The van der Waals surface area contributed by atoms with Crippen LogP contribution >= 0.6 is 11.8 Å². The summed E-state index contributed by atoms with van der Waals surface area (Å²) in [6, 6.07) is 2.39. The maximum atomic E-state index is 9.14. The van der Waals surface area contributed by atoms with Crippen molar-refractivity contribution in [2.24, 2.45) is 5.92 Å². The van der Waals surface area contributed by atoms with E-state index in [4.69, 9.17) is 5.26 Å². The monoisotopic (exact) mass is 242 g/mol. The van der Waals surface area contributed by atoms with Crippen LogP contribution in [0.2, 0.25) is 0 Å². The Hall–Kier alpha value is -0.200. The number of rotatable bonds is 9. The van der Waals surface area contributed by atoms with Gasteiger partial charge in [-0.3, -0.25) is 5.32 Å². The lowest BCUT2D eigenvalue weighted by atomic mass is 9.98. The zero-order valence-electron chi connectivity index (χ0n) is 11.2. The molecule has 0 aromatic carbocycles. The van der Waals surface area contributed by atoms with Crippen molar-refractivity contribution in [1.82, 2.24) is 5.32 Å². The highest BCUT2D eigenvalue weighted by molar-refractivity contribution is 7.99. The predicted octanol–water partition coefficient (Wildman–Crippen LogP) is 3.44. The maximum absolute atomic E-state index is 9.14. The molecule has 0 bridgehead atoms. The molecular weight excluding hydrogens is 216 g/mol. The number of hydrogen-bond acceptors (Lipinski definition) is 3. The highest BCUT2D eigenvalue weighted by Gasteiger charge is 2.21. The molecule has 0 saturated carbocycles. The fourth-order valence-corrected chi connectivity index (χ4v) is 2.42. The summed E-state index contributed by atoms with van der Waals surface area (Å²) in [6.07, 6.45) is 3.16. The van der Waals surface area contributed by atoms with Gasteiger partial charge in [0, 0.05) is 0 Å². The molecule has 0 aliphatic heterocycles. The minimum Gasteiger partial charge on any atom is -0.300 e. The van der Waals surface area contributed by atoms with Crippen molar-refractivity contribution in [1.29, 1.82) is 5.26 Å². The lowest BCUT2D eigenvalue weighted by molar-refractivity contribution is 0.415. The Morgan fingerprint density at radius 3 is 2.62 bits per heavy atom. The molecule has 3 heteroatoms. The highest BCUT2D eigenvalue weighted by Crippen LogP contribution is 2.15. The molecule has 0 aromatic rings. The van der Waals surface area contributed by atoms with Gasteiger partial charge < -0.3 is 0 Å². The van der Waals surface area contributed by atoms with Crippen LogP contribution in [-0.2, 0) is 0 Å². The van der Waals surface area contributed by atoms with Crippen LogP contribution in [0.3, 0.4) is 0 Å². The molecule has 0 aliphatic rings. The van der Waals surface area contributed by atoms with Crippen LogP contribution < -0.4 is 5.32 Å². The van der Waals surface area contributed by atoms with E-state index >= 15 is 0 Å². The molecule has 0 fully saturated rings. The van der Waals surface area contributed by atoms with Gasteiger partial charge in [0.15, 0.2) is 0 Å². The molecular formula is C13H26N2S. The smallest absolute Gasteiger partial charge is 0.103 e. The quantitative estimate of drug-likeness (QED) is 0.629. The summed E-state index contributed by atoms with van der Waals surface area (Å²) in [5.74, 6) is 3.17. The van der Waals surface area contributed by atoms with Crippen molar-refractivity contribution in [2.45, 2.75) is 52.5 Å². The van der Waals surface area contributed by atoms with Crippen molar-refractivity contribution in [3.8, 4) is 6.07 Å². The summed E-state index contributed by atoms with van der Waals surface area (Å²) >= 11 is 2.00. The molecule has 16 heavy (non-hydrogen) atoms. The summed E-state index contributed by atoms with van der Waals surface area (Å²) in [5, 5.41) is 12.5. The highest BCUT2D eigenvalue weighted by atomic mass is 32.2. The molecule has 0 heterocycles. The van der Waals surface area contributed by atoms with Crippen molar-refractivity contribution >= 4 is 11.8 Å². The first kappa shape index (κ1) is 15.8. The summed E-state index contributed by atoms with van der Waals surface area (Å²) in [6.45, 7) is 9.56. The third-order valence-electron chi connectivity index (χ3n) is 2.43. The van der Waals surface area contributed by atoms with E-state index in [-0.39, 0.29) is 5.54 Å². The lowest BCUT2D eigenvalue weighted by Gasteiger charge is -2.22. The standard InChI is InChI=1S/C13H26N2S/c1-5-8-15-13(4,11-14)7-6-9-16-10-12(2)3/h12,15H,5-10H2,1-4H3. The van der Waals surface area contributed by atoms with Gasteiger partial charge in [0.05, 0.1) is 6.07 Å². The van der Waals surface area contributed by atoms with Crippen LogP contribution in [0.4, 0.5) is 0 Å². The van der Waals surface area contributed by atoms with Gasteiger partial charge in [-0.1, -0.05) is 20.8 Å². The van der Waals surface area contributed by atoms with E-state index in [9.17, 15) is 0 Å². The van der Waals surface area contributed by atoms with E-state index < -0.39 is 0 Å². The third-order valence-corrected chi connectivity index (χ3v) is 3.91. The van der Waals surface area contributed by atoms with Gasteiger partial charge in [-0.05, 0) is 50.2 Å². The fraction of sp³-hybridized carbons (Fsp3) is 0.923. The van der Waals surface area contributed by atoms with Gasteiger partial charge in [-0.25, -0.2) is 0 Å². The number of nitrogens with one attached hydrogen (secondary N) is 1. The molecule has 2 nitrogen and oxygen atoms in total. The molecule has 0 saturated heterocycles. The third kappa shape index (κ3) is 8.01. The van der Waals surface area contributed by atoms with E-state index in [1.807, 2.05) is 18.7 Å². The first-order valence-corrected chi connectivity index (χ1v) is 7.43. The van der Waals surface area contributed by atoms with Gasteiger partial charge in [0.25, 0.3) is 0 Å². The number of thioether (sulfide) groups is 1. The van der Waals surface area contributed by atoms with Crippen LogP contribution in [0.15, 0.2) is 0 Å². The SMILES string of the molecule is CCCNC(C)(C#N)CCCSCC(C)C. The minimum atomic E-state index is -0.325. The van der Waals surface area contributed by atoms with Crippen molar-refractivity contribution < 1.29 is 0 Å². The average Bonchev–Trinajstić information content (AvgIpc) is 2.25.